The number of anilines is 1. The summed E-state index contributed by atoms with van der Waals surface area (Å²) >= 11 is 0. The van der Waals surface area contributed by atoms with Crippen molar-refractivity contribution in [2.75, 3.05) is 5.01 Å². The Hall–Kier alpha value is -1.71. The van der Waals surface area contributed by atoms with Gasteiger partial charge in [0.2, 0.25) is 5.91 Å². The van der Waals surface area contributed by atoms with Crippen molar-refractivity contribution in [1.29, 1.82) is 0 Å². The van der Waals surface area contributed by atoms with E-state index in [-0.39, 0.29) is 5.91 Å². The lowest BCUT2D eigenvalue weighted by Crippen LogP contribution is -2.21. The van der Waals surface area contributed by atoms with Crippen LogP contribution in [0.5, 0.6) is 0 Å². The van der Waals surface area contributed by atoms with Gasteiger partial charge in [0.05, 0.1) is 11.0 Å². The van der Waals surface area contributed by atoms with Crippen LogP contribution in [-0.4, -0.2) is 5.91 Å². The summed E-state index contributed by atoms with van der Waals surface area (Å²) in [6, 6.07) is 7.08. The van der Waals surface area contributed by atoms with Crippen molar-refractivity contribution in [3.8, 4) is 0 Å². The van der Waals surface area contributed by atoms with Crippen LogP contribution in [0.25, 0.3) is 0 Å². The van der Waals surface area contributed by atoms with E-state index in [1.807, 2.05) is 19.1 Å². The van der Waals surface area contributed by atoms with Crippen LogP contribution in [0.3, 0.4) is 0 Å². The molecule has 0 heterocycles. The van der Waals surface area contributed by atoms with Crippen molar-refractivity contribution >= 4 is 11.6 Å². The molecular weight excluding hydrogens is 168 g/mol. The number of hydrogen-bond donors (Lipinski definition) is 0. The Balaban J connectivity index is 3.12. The molecule has 0 aliphatic rings. The maximum atomic E-state index is 11.0. The summed E-state index contributed by atoms with van der Waals surface area (Å²) in [4.78, 5) is 21.3. The minimum Gasteiger partial charge on any atom is -0.273 e. The number of carbonyl (C=O) groups excluding carboxylic acids is 1. The molecule has 1 rings (SSSR count). The molecular formula is C9H10N2O2. The van der Waals surface area contributed by atoms with Crippen LogP contribution >= 0.6 is 0 Å². The van der Waals surface area contributed by atoms with E-state index in [1.54, 1.807) is 12.1 Å². The molecule has 0 aliphatic heterocycles. The van der Waals surface area contributed by atoms with Gasteiger partial charge >= 0.3 is 0 Å². The van der Waals surface area contributed by atoms with Crippen molar-refractivity contribution < 1.29 is 4.79 Å². The van der Waals surface area contributed by atoms with Crippen LogP contribution in [0.15, 0.2) is 29.6 Å². The molecule has 0 aromatic heterocycles. The van der Waals surface area contributed by atoms with Crippen molar-refractivity contribution in [1.82, 2.24) is 0 Å². The topological polar surface area (TPSA) is 49.7 Å². The molecule has 0 spiro atoms. The van der Waals surface area contributed by atoms with Gasteiger partial charge in [0.15, 0.2) is 0 Å². The van der Waals surface area contributed by atoms with Gasteiger partial charge in [-0.25, -0.2) is 0 Å². The largest absolute Gasteiger partial charge is 0.273 e. The summed E-state index contributed by atoms with van der Waals surface area (Å²) in [6.45, 7) is 3.12. The molecule has 68 valence electrons. The Morgan fingerprint density at radius 3 is 2.46 bits per heavy atom. The third-order valence-corrected chi connectivity index (χ3v) is 1.72. The Labute approximate surface area is 76.1 Å². The summed E-state index contributed by atoms with van der Waals surface area (Å²) in [5.74, 6) is -0.385. The summed E-state index contributed by atoms with van der Waals surface area (Å²) in [6.07, 6.45) is 0. The molecule has 1 aromatic rings. The molecule has 4 nitrogen and oxygen atoms in total. The Morgan fingerprint density at radius 1 is 1.38 bits per heavy atom. The lowest BCUT2D eigenvalue weighted by atomic mass is 10.2. The summed E-state index contributed by atoms with van der Waals surface area (Å²) in [5.41, 5.74) is 1.38. The van der Waals surface area contributed by atoms with Gasteiger partial charge in [-0.2, -0.15) is 5.01 Å². The van der Waals surface area contributed by atoms with E-state index < -0.39 is 0 Å². The highest BCUT2D eigenvalue weighted by Crippen LogP contribution is 2.19. The zero-order chi connectivity index (χ0) is 9.84. The highest BCUT2D eigenvalue weighted by Gasteiger charge is 2.12. The van der Waals surface area contributed by atoms with Crippen LogP contribution < -0.4 is 5.01 Å². The van der Waals surface area contributed by atoms with Crippen LogP contribution in [0, 0.1) is 11.8 Å². The summed E-state index contributed by atoms with van der Waals surface area (Å²) in [7, 11) is 0. The number of aryl methyl sites for hydroxylation is 1. The summed E-state index contributed by atoms with van der Waals surface area (Å²) in [5, 5.41) is 3.50. The van der Waals surface area contributed by atoms with Gasteiger partial charge in [-0.3, -0.25) is 4.79 Å². The number of nitroso groups, excluding NO2 is 1. The van der Waals surface area contributed by atoms with Gasteiger partial charge < -0.3 is 0 Å². The third-order valence-electron chi connectivity index (χ3n) is 1.72. The van der Waals surface area contributed by atoms with Gasteiger partial charge in [0.1, 0.15) is 0 Å². The van der Waals surface area contributed by atoms with Crippen LogP contribution in [-0.2, 0) is 4.79 Å². The van der Waals surface area contributed by atoms with Crippen molar-refractivity contribution in [2.45, 2.75) is 13.8 Å². The SMILES string of the molecule is CC(=O)N(N=O)c1ccccc1C. The fourth-order valence-electron chi connectivity index (χ4n) is 1.07. The molecule has 0 saturated heterocycles. The Bertz CT molecular complexity index is 336. The number of nitrogens with zero attached hydrogens (tertiary/aromatic N) is 2. The van der Waals surface area contributed by atoms with E-state index in [4.69, 9.17) is 0 Å². The third kappa shape index (κ3) is 1.90. The maximum absolute atomic E-state index is 11.0. The number of rotatable bonds is 2. The number of amides is 1. The Morgan fingerprint density at radius 2 is 2.00 bits per heavy atom. The first-order valence-corrected chi connectivity index (χ1v) is 3.86. The standard InChI is InChI=1S/C9H10N2O2/c1-7-5-3-4-6-9(7)11(10-13)8(2)12/h3-6H,1-2H3. The van der Waals surface area contributed by atoms with Gasteiger partial charge in [-0.15, -0.1) is 4.91 Å². The highest BCUT2D eigenvalue weighted by molar-refractivity contribution is 5.91. The van der Waals surface area contributed by atoms with Gasteiger partial charge in [-0.05, 0) is 18.6 Å². The van der Waals surface area contributed by atoms with E-state index in [9.17, 15) is 9.70 Å². The molecule has 4 heteroatoms. The molecule has 0 bridgehead atoms. The highest BCUT2D eigenvalue weighted by atomic mass is 16.3. The molecule has 0 radical (unpaired) electrons. The maximum Gasteiger partial charge on any atom is 0.246 e. The zero-order valence-electron chi connectivity index (χ0n) is 7.52. The monoisotopic (exact) mass is 178 g/mol. The van der Waals surface area contributed by atoms with E-state index in [1.165, 1.54) is 6.92 Å². The zero-order valence-corrected chi connectivity index (χ0v) is 7.52. The minimum absolute atomic E-state index is 0.385. The predicted octanol–water partition coefficient (Wildman–Crippen LogP) is 2.03. The number of carbonyl (C=O) groups is 1. The fourth-order valence-corrected chi connectivity index (χ4v) is 1.07. The van der Waals surface area contributed by atoms with E-state index >= 15 is 0 Å². The first-order valence-electron chi connectivity index (χ1n) is 3.86. The molecule has 0 N–H and O–H groups in total. The van der Waals surface area contributed by atoms with Gasteiger partial charge in [-0.1, -0.05) is 18.2 Å². The molecule has 1 amide bonds. The van der Waals surface area contributed by atoms with Crippen LogP contribution in [0.1, 0.15) is 12.5 Å². The average molecular weight is 178 g/mol. The normalized spacial score (nSPS) is 9.38. The molecule has 0 saturated carbocycles. The van der Waals surface area contributed by atoms with Crippen LogP contribution in [0.4, 0.5) is 5.69 Å². The second kappa shape index (κ2) is 3.80. The Kier molecular flexibility index (Phi) is 2.74. The smallest absolute Gasteiger partial charge is 0.246 e. The molecule has 0 fully saturated rings. The predicted molar refractivity (Wildman–Crippen MR) is 50.1 cm³/mol. The molecule has 13 heavy (non-hydrogen) atoms. The van der Waals surface area contributed by atoms with E-state index in [2.05, 4.69) is 5.29 Å². The molecule has 0 aliphatic carbocycles. The number of benzene rings is 1. The number of hydrogen-bond acceptors (Lipinski definition) is 3. The molecule has 1 aromatic carbocycles. The quantitative estimate of drug-likeness (QED) is 0.514. The molecule has 0 unspecified atom stereocenters. The second-order valence-corrected chi connectivity index (χ2v) is 2.70. The van der Waals surface area contributed by atoms with E-state index in [0.717, 1.165) is 10.6 Å². The second-order valence-electron chi connectivity index (χ2n) is 2.70. The first kappa shape index (κ1) is 9.38. The van der Waals surface area contributed by atoms with Crippen molar-refractivity contribution in [3.05, 3.63) is 34.7 Å². The van der Waals surface area contributed by atoms with Crippen molar-refractivity contribution in [3.63, 3.8) is 0 Å². The molecule has 0 atom stereocenters. The van der Waals surface area contributed by atoms with Gasteiger partial charge in [0, 0.05) is 6.92 Å². The lowest BCUT2D eigenvalue weighted by molar-refractivity contribution is -0.116. The number of para-hydroxylation sites is 1. The van der Waals surface area contributed by atoms with Crippen molar-refractivity contribution in [2.24, 2.45) is 5.29 Å². The fraction of sp³-hybridized carbons (Fsp3) is 0.222. The van der Waals surface area contributed by atoms with E-state index in [0.29, 0.717) is 5.69 Å². The van der Waals surface area contributed by atoms with Gasteiger partial charge in [0.25, 0.3) is 0 Å². The van der Waals surface area contributed by atoms with Crippen LogP contribution in [0.2, 0.25) is 0 Å². The first-order chi connectivity index (χ1) is 6.16. The summed E-state index contributed by atoms with van der Waals surface area (Å²) < 4.78 is 0. The minimum atomic E-state index is -0.385. The average Bonchev–Trinajstić information content (AvgIpc) is 2.09. The lowest BCUT2D eigenvalue weighted by Gasteiger charge is -2.12.